The van der Waals surface area contributed by atoms with E-state index in [-0.39, 0.29) is 36.7 Å². The number of ether oxygens (including phenoxy) is 1. The van der Waals surface area contributed by atoms with Gasteiger partial charge in [-0.15, -0.1) is 0 Å². The Morgan fingerprint density at radius 2 is 2.22 bits per heavy atom. The Kier molecular flexibility index (Phi) is 5.88. The minimum atomic E-state index is -0.214. The van der Waals surface area contributed by atoms with E-state index in [1.165, 1.54) is 0 Å². The van der Waals surface area contributed by atoms with Gasteiger partial charge in [0, 0.05) is 24.6 Å². The highest BCUT2D eigenvalue weighted by molar-refractivity contribution is 5.74. The topological polar surface area (TPSA) is 70.6 Å². The lowest BCUT2D eigenvalue weighted by Gasteiger charge is -2.51. The number of hydrogen-bond acceptors (Lipinski definition) is 3. The molecule has 0 spiro atoms. The highest BCUT2D eigenvalue weighted by Crippen LogP contribution is 2.42. The van der Waals surface area contributed by atoms with Crippen LogP contribution in [0.5, 0.6) is 0 Å². The molecule has 5 nitrogen and oxygen atoms in total. The summed E-state index contributed by atoms with van der Waals surface area (Å²) in [5.41, 5.74) is -0.0235. The summed E-state index contributed by atoms with van der Waals surface area (Å²) in [5, 5.41) is 14.1. The number of amides is 2. The molecule has 106 valence electrons. The predicted octanol–water partition coefficient (Wildman–Crippen LogP) is 1.26. The Balaban J connectivity index is 2.27. The standard InChI is InChI=1S/C13H26N2O3/c1-4-5-8-18-11-9-10(13(11,2)3)15-12(17)14-6-7-16/h10-11,16H,4-9H2,1-3H3,(H2,14,15,17). The maximum atomic E-state index is 11.5. The van der Waals surface area contributed by atoms with Gasteiger partial charge in [-0.25, -0.2) is 4.79 Å². The number of aliphatic hydroxyl groups is 1. The predicted molar refractivity (Wildman–Crippen MR) is 70.5 cm³/mol. The molecular formula is C13H26N2O3. The van der Waals surface area contributed by atoms with Crippen LogP contribution in [0.25, 0.3) is 0 Å². The lowest BCUT2D eigenvalue weighted by atomic mass is 9.64. The normalized spacial score (nSPS) is 25.3. The van der Waals surface area contributed by atoms with Gasteiger partial charge in [-0.1, -0.05) is 27.2 Å². The van der Waals surface area contributed by atoms with Gasteiger partial charge in [0.05, 0.1) is 12.7 Å². The van der Waals surface area contributed by atoms with E-state index in [0.29, 0.717) is 0 Å². The molecule has 0 bridgehead atoms. The van der Waals surface area contributed by atoms with Gasteiger partial charge >= 0.3 is 6.03 Å². The Labute approximate surface area is 109 Å². The highest BCUT2D eigenvalue weighted by atomic mass is 16.5. The average molecular weight is 258 g/mol. The Morgan fingerprint density at radius 1 is 1.50 bits per heavy atom. The third kappa shape index (κ3) is 3.85. The van der Waals surface area contributed by atoms with Crippen LogP contribution in [0.1, 0.15) is 40.0 Å². The summed E-state index contributed by atoms with van der Waals surface area (Å²) in [6.07, 6.45) is 3.32. The molecule has 0 aliphatic heterocycles. The van der Waals surface area contributed by atoms with Crippen molar-refractivity contribution >= 4 is 6.03 Å². The SMILES string of the molecule is CCCCOC1CC(NC(=O)NCCO)C1(C)C. The Bertz CT molecular complexity index is 269. The smallest absolute Gasteiger partial charge is 0.315 e. The molecule has 0 heterocycles. The lowest BCUT2D eigenvalue weighted by molar-refractivity contribution is -0.114. The number of carbonyl (C=O) groups excluding carboxylic acids is 1. The maximum absolute atomic E-state index is 11.5. The Morgan fingerprint density at radius 3 is 2.78 bits per heavy atom. The third-order valence-corrected chi connectivity index (χ3v) is 3.70. The van der Waals surface area contributed by atoms with Gasteiger partial charge in [-0.2, -0.15) is 0 Å². The van der Waals surface area contributed by atoms with Gasteiger partial charge in [0.25, 0.3) is 0 Å². The molecule has 0 saturated heterocycles. The van der Waals surface area contributed by atoms with Crippen LogP contribution in [0.15, 0.2) is 0 Å². The van der Waals surface area contributed by atoms with Gasteiger partial charge in [0.1, 0.15) is 0 Å². The molecule has 0 radical (unpaired) electrons. The summed E-state index contributed by atoms with van der Waals surface area (Å²) in [7, 11) is 0. The van der Waals surface area contributed by atoms with Crippen LogP contribution < -0.4 is 10.6 Å². The van der Waals surface area contributed by atoms with E-state index in [0.717, 1.165) is 25.9 Å². The molecule has 18 heavy (non-hydrogen) atoms. The summed E-state index contributed by atoms with van der Waals surface area (Å²) < 4.78 is 5.81. The van der Waals surface area contributed by atoms with Gasteiger partial charge in [-0.05, 0) is 12.8 Å². The molecule has 0 aromatic heterocycles. The average Bonchev–Trinajstić information content (AvgIpc) is 2.34. The van der Waals surface area contributed by atoms with E-state index in [9.17, 15) is 4.79 Å². The highest BCUT2D eigenvalue weighted by Gasteiger charge is 2.49. The van der Waals surface area contributed by atoms with E-state index < -0.39 is 0 Å². The first-order valence-corrected chi connectivity index (χ1v) is 6.79. The van der Waals surface area contributed by atoms with E-state index in [1.54, 1.807) is 0 Å². The maximum Gasteiger partial charge on any atom is 0.315 e. The van der Waals surface area contributed by atoms with Crippen molar-refractivity contribution in [2.24, 2.45) is 5.41 Å². The van der Waals surface area contributed by atoms with Crippen LogP contribution in [-0.2, 0) is 4.74 Å². The van der Waals surface area contributed by atoms with Crippen LogP contribution in [0.4, 0.5) is 4.79 Å². The van der Waals surface area contributed by atoms with Crippen LogP contribution in [-0.4, -0.2) is 43.0 Å². The zero-order valence-corrected chi connectivity index (χ0v) is 11.7. The molecule has 3 N–H and O–H groups in total. The van der Waals surface area contributed by atoms with Gasteiger partial charge in [0.15, 0.2) is 0 Å². The van der Waals surface area contributed by atoms with E-state index >= 15 is 0 Å². The lowest BCUT2D eigenvalue weighted by Crippen LogP contribution is -2.63. The molecule has 2 amide bonds. The van der Waals surface area contributed by atoms with Crippen LogP contribution in [0, 0.1) is 5.41 Å². The van der Waals surface area contributed by atoms with Crippen molar-refractivity contribution in [3.63, 3.8) is 0 Å². The van der Waals surface area contributed by atoms with Gasteiger partial charge in [-0.3, -0.25) is 0 Å². The molecule has 1 aliphatic rings. The zero-order valence-electron chi connectivity index (χ0n) is 11.7. The number of aliphatic hydroxyl groups excluding tert-OH is 1. The summed E-state index contributed by atoms with van der Waals surface area (Å²) in [6, 6.07) is -0.0723. The molecule has 2 unspecified atom stereocenters. The molecule has 1 saturated carbocycles. The Hall–Kier alpha value is -0.810. The molecule has 2 atom stereocenters. The van der Waals surface area contributed by atoms with Crippen LogP contribution >= 0.6 is 0 Å². The largest absolute Gasteiger partial charge is 0.395 e. The van der Waals surface area contributed by atoms with Crippen molar-refractivity contribution in [1.29, 1.82) is 0 Å². The fourth-order valence-corrected chi connectivity index (χ4v) is 2.16. The second kappa shape index (κ2) is 6.95. The number of unbranched alkanes of at least 4 members (excludes halogenated alkanes) is 1. The first-order chi connectivity index (χ1) is 8.52. The third-order valence-electron chi connectivity index (χ3n) is 3.70. The summed E-state index contributed by atoms with van der Waals surface area (Å²) >= 11 is 0. The number of rotatable bonds is 7. The fraction of sp³-hybridized carbons (Fsp3) is 0.923. The van der Waals surface area contributed by atoms with Crippen molar-refractivity contribution < 1.29 is 14.6 Å². The van der Waals surface area contributed by atoms with Crippen LogP contribution in [0.2, 0.25) is 0 Å². The van der Waals surface area contributed by atoms with E-state index in [1.807, 2.05) is 0 Å². The molecule has 0 aromatic rings. The van der Waals surface area contributed by atoms with Crippen molar-refractivity contribution in [3.8, 4) is 0 Å². The molecule has 0 aromatic carbocycles. The number of hydrogen-bond donors (Lipinski definition) is 3. The summed E-state index contributed by atoms with van der Waals surface area (Å²) in [6.45, 7) is 7.42. The quantitative estimate of drug-likeness (QED) is 0.602. The zero-order chi connectivity index (χ0) is 13.6. The number of nitrogens with one attached hydrogen (secondary N) is 2. The van der Waals surface area contributed by atoms with E-state index in [4.69, 9.17) is 9.84 Å². The number of carbonyl (C=O) groups is 1. The fourth-order valence-electron chi connectivity index (χ4n) is 2.16. The minimum Gasteiger partial charge on any atom is -0.395 e. The monoisotopic (exact) mass is 258 g/mol. The second-order valence-corrected chi connectivity index (χ2v) is 5.45. The molecule has 1 aliphatic carbocycles. The van der Waals surface area contributed by atoms with E-state index in [2.05, 4.69) is 31.4 Å². The molecule has 1 rings (SSSR count). The second-order valence-electron chi connectivity index (χ2n) is 5.45. The van der Waals surface area contributed by atoms with Crippen molar-refractivity contribution in [2.75, 3.05) is 19.8 Å². The molecule has 5 heteroatoms. The van der Waals surface area contributed by atoms with Gasteiger partial charge < -0.3 is 20.5 Å². The minimum absolute atomic E-state index is 0.0235. The first kappa shape index (κ1) is 15.2. The van der Waals surface area contributed by atoms with Crippen molar-refractivity contribution in [3.05, 3.63) is 0 Å². The van der Waals surface area contributed by atoms with Crippen molar-refractivity contribution in [2.45, 2.75) is 52.2 Å². The molecular weight excluding hydrogens is 232 g/mol. The number of urea groups is 1. The van der Waals surface area contributed by atoms with Crippen molar-refractivity contribution in [1.82, 2.24) is 10.6 Å². The van der Waals surface area contributed by atoms with Gasteiger partial charge in [0.2, 0.25) is 0 Å². The van der Waals surface area contributed by atoms with Crippen LogP contribution in [0.3, 0.4) is 0 Å². The first-order valence-electron chi connectivity index (χ1n) is 6.79. The molecule has 1 fully saturated rings. The summed E-state index contributed by atoms with van der Waals surface area (Å²) in [5.74, 6) is 0. The summed E-state index contributed by atoms with van der Waals surface area (Å²) in [4.78, 5) is 11.5.